The molecule has 0 fully saturated rings. The molecule has 1 aromatic heterocycles. The Morgan fingerprint density at radius 2 is 2.18 bits per heavy atom. The number of halogens is 1. The van der Waals surface area contributed by atoms with E-state index in [-0.39, 0.29) is 5.78 Å². The Morgan fingerprint density at radius 3 is 2.71 bits per heavy atom. The van der Waals surface area contributed by atoms with Crippen LogP contribution in [0.15, 0.2) is 35.1 Å². The van der Waals surface area contributed by atoms with Crippen molar-refractivity contribution in [2.75, 3.05) is 7.11 Å². The summed E-state index contributed by atoms with van der Waals surface area (Å²) in [5.74, 6) is 0.647. The summed E-state index contributed by atoms with van der Waals surface area (Å²) in [6.45, 7) is 0. The van der Waals surface area contributed by atoms with Gasteiger partial charge >= 0.3 is 0 Å². The molecular weight excluding hydrogens is 284 g/mol. The molecule has 0 radical (unpaired) electrons. The van der Waals surface area contributed by atoms with Crippen LogP contribution >= 0.6 is 15.9 Å². The zero-order valence-electron chi connectivity index (χ0n) is 9.48. The lowest BCUT2D eigenvalue weighted by Gasteiger charge is -2.04. The number of hydrogen-bond acceptors (Lipinski definition) is 3. The fraction of sp³-hybridized carbons (Fsp3) is 0.167. The summed E-state index contributed by atoms with van der Waals surface area (Å²) in [5, 5.41) is 3.98. The van der Waals surface area contributed by atoms with Gasteiger partial charge in [0.15, 0.2) is 5.78 Å². The number of rotatable bonds is 3. The highest BCUT2D eigenvalue weighted by Gasteiger charge is 2.12. The molecule has 1 aromatic carbocycles. The van der Waals surface area contributed by atoms with Crippen LogP contribution in [-0.2, 0) is 7.05 Å². The third kappa shape index (κ3) is 2.39. The molecule has 0 atom stereocenters. The van der Waals surface area contributed by atoms with Crippen molar-refractivity contribution in [3.63, 3.8) is 0 Å². The van der Waals surface area contributed by atoms with Gasteiger partial charge < -0.3 is 4.74 Å². The molecule has 2 rings (SSSR count). The lowest BCUT2D eigenvalue weighted by atomic mass is 10.1. The van der Waals surface area contributed by atoms with Crippen molar-refractivity contribution >= 4 is 21.7 Å². The molecule has 88 valence electrons. The molecule has 0 aliphatic carbocycles. The molecule has 0 saturated carbocycles. The van der Waals surface area contributed by atoms with Crippen LogP contribution in [0.1, 0.15) is 15.9 Å². The Labute approximate surface area is 107 Å². The number of ether oxygens (including phenoxy) is 1. The van der Waals surface area contributed by atoms with Gasteiger partial charge in [-0.3, -0.25) is 9.48 Å². The minimum absolute atomic E-state index is 0.0542. The van der Waals surface area contributed by atoms with E-state index in [0.29, 0.717) is 16.9 Å². The topological polar surface area (TPSA) is 44.1 Å². The predicted molar refractivity (Wildman–Crippen MR) is 67.3 cm³/mol. The van der Waals surface area contributed by atoms with E-state index in [0.717, 1.165) is 4.47 Å². The average Bonchev–Trinajstić information content (AvgIpc) is 2.75. The summed E-state index contributed by atoms with van der Waals surface area (Å²) in [4.78, 5) is 12.1. The minimum Gasteiger partial charge on any atom is -0.496 e. The molecule has 0 saturated heterocycles. The summed E-state index contributed by atoms with van der Waals surface area (Å²) in [5.41, 5.74) is 1.18. The van der Waals surface area contributed by atoms with Crippen LogP contribution in [0, 0.1) is 0 Å². The van der Waals surface area contributed by atoms with Crippen LogP contribution in [0.2, 0.25) is 0 Å². The fourth-order valence-electron chi connectivity index (χ4n) is 1.51. The van der Waals surface area contributed by atoms with Crippen LogP contribution in [0.4, 0.5) is 0 Å². The van der Waals surface area contributed by atoms with Crippen LogP contribution in [0.5, 0.6) is 5.75 Å². The van der Waals surface area contributed by atoms with E-state index < -0.39 is 0 Å². The molecule has 4 nitrogen and oxygen atoms in total. The Kier molecular flexibility index (Phi) is 3.28. The maximum atomic E-state index is 12.1. The van der Waals surface area contributed by atoms with Gasteiger partial charge in [0.2, 0.25) is 0 Å². The molecule has 17 heavy (non-hydrogen) atoms. The number of aromatic nitrogens is 2. The van der Waals surface area contributed by atoms with Crippen LogP contribution in [0.3, 0.4) is 0 Å². The maximum absolute atomic E-state index is 12.1. The first-order valence-corrected chi connectivity index (χ1v) is 5.78. The third-order valence-corrected chi connectivity index (χ3v) is 3.00. The highest BCUT2D eigenvalue weighted by Crippen LogP contribution is 2.26. The Balaban J connectivity index is 2.35. The van der Waals surface area contributed by atoms with E-state index >= 15 is 0 Å². The molecule has 1 heterocycles. The van der Waals surface area contributed by atoms with Gasteiger partial charge in [0.1, 0.15) is 5.75 Å². The molecule has 0 aliphatic rings. The number of carbonyl (C=O) groups is 1. The van der Waals surface area contributed by atoms with Crippen molar-refractivity contribution in [2.24, 2.45) is 7.05 Å². The zero-order chi connectivity index (χ0) is 12.4. The van der Waals surface area contributed by atoms with Crippen LogP contribution in [-0.4, -0.2) is 22.7 Å². The van der Waals surface area contributed by atoms with Gasteiger partial charge in [-0.25, -0.2) is 0 Å². The number of benzene rings is 1. The average molecular weight is 295 g/mol. The Morgan fingerprint density at radius 1 is 1.41 bits per heavy atom. The first-order chi connectivity index (χ1) is 8.11. The van der Waals surface area contributed by atoms with E-state index in [1.165, 1.54) is 0 Å². The second-order valence-corrected chi connectivity index (χ2v) is 4.44. The maximum Gasteiger partial charge on any atom is 0.196 e. The molecule has 0 spiro atoms. The SMILES string of the molecule is COc1ccc(C(=O)c2cnn(C)c2)cc1Br. The third-order valence-electron chi connectivity index (χ3n) is 2.38. The molecule has 2 aromatic rings. The predicted octanol–water partition coefficient (Wildman–Crippen LogP) is 2.42. The first kappa shape index (κ1) is 11.9. The number of carbonyl (C=O) groups excluding carboxylic acids is 1. The van der Waals surface area contributed by atoms with Crippen molar-refractivity contribution in [1.82, 2.24) is 9.78 Å². The van der Waals surface area contributed by atoms with Gasteiger partial charge in [0, 0.05) is 18.8 Å². The highest BCUT2D eigenvalue weighted by atomic mass is 79.9. The molecular formula is C12H11BrN2O2. The standard InChI is InChI=1S/C12H11BrN2O2/c1-15-7-9(6-14-15)12(16)8-3-4-11(17-2)10(13)5-8/h3-7H,1-2H3. The van der Waals surface area contributed by atoms with Crippen molar-refractivity contribution < 1.29 is 9.53 Å². The highest BCUT2D eigenvalue weighted by molar-refractivity contribution is 9.10. The molecule has 5 heteroatoms. The largest absolute Gasteiger partial charge is 0.496 e. The first-order valence-electron chi connectivity index (χ1n) is 4.98. The van der Waals surface area contributed by atoms with Gasteiger partial charge in [-0.15, -0.1) is 0 Å². The van der Waals surface area contributed by atoms with Crippen LogP contribution in [0.25, 0.3) is 0 Å². The summed E-state index contributed by atoms with van der Waals surface area (Å²) >= 11 is 3.36. The molecule has 0 aliphatic heterocycles. The van der Waals surface area contributed by atoms with E-state index in [1.54, 1.807) is 49.4 Å². The van der Waals surface area contributed by atoms with Gasteiger partial charge in [0.25, 0.3) is 0 Å². The monoisotopic (exact) mass is 294 g/mol. The second kappa shape index (κ2) is 4.71. The van der Waals surface area contributed by atoms with E-state index in [2.05, 4.69) is 21.0 Å². The van der Waals surface area contributed by atoms with Crippen molar-refractivity contribution in [3.8, 4) is 5.75 Å². The fourth-order valence-corrected chi connectivity index (χ4v) is 2.05. The summed E-state index contributed by atoms with van der Waals surface area (Å²) in [6.07, 6.45) is 3.25. The second-order valence-electron chi connectivity index (χ2n) is 3.58. The van der Waals surface area contributed by atoms with Gasteiger partial charge in [0.05, 0.1) is 23.3 Å². The van der Waals surface area contributed by atoms with Crippen molar-refractivity contribution in [2.45, 2.75) is 0 Å². The minimum atomic E-state index is -0.0542. The zero-order valence-corrected chi connectivity index (χ0v) is 11.1. The summed E-state index contributed by atoms with van der Waals surface area (Å²) < 4.78 is 7.48. The molecule has 0 N–H and O–H groups in total. The number of hydrogen-bond donors (Lipinski definition) is 0. The van der Waals surface area contributed by atoms with Gasteiger partial charge in [-0.1, -0.05) is 0 Å². The van der Waals surface area contributed by atoms with E-state index in [1.807, 2.05) is 0 Å². The molecule has 0 unspecified atom stereocenters. The van der Waals surface area contributed by atoms with Gasteiger partial charge in [-0.2, -0.15) is 5.10 Å². The normalized spacial score (nSPS) is 10.3. The lowest BCUT2D eigenvalue weighted by molar-refractivity contribution is 0.103. The van der Waals surface area contributed by atoms with Crippen LogP contribution < -0.4 is 4.74 Å². The molecule has 0 bridgehead atoms. The summed E-state index contributed by atoms with van der Waals surface area (Å²) in [6, 6.07) is 5.24. The number of aryl methyl sites for hydroxylation is 1. The molecule has 0 amide bonds. The summed E-state index contributed by atoms with van der Waals surface area (Å²) in [7, 11) is 3.36. The number of methoxy groups -OCH3 is 1. The smallest absolute Gasteiger partial charge is 0.196 e. The Bertz CT molecular complexity index is 563. The van der Waals surface area contributed by atoms with Gasteiger partial charge in [-0.05, 0) is 34.1 Å². The van der Waals surface area contributed by atoms with E-state index in [9.17, 15) is 4.79 Å². The number of ketones is 1. The van der Waals surface area contributed by atoms with E-state index in [4.69, 9.17) is 4.74 Å². The quantitative estimate of drug-likeness (QED) is 0.817. The number of nitrogens with zero attached hydrogens (tertiary/aromatic N) is 2. The van der Waals surface area contributed by atoms with Crippen molar-refractivity contribution in [1.29, 1.82) is 0 Å². The van der Waals surface area contributed by atoms with Crippen molar-refractivity contribution in [3.05, 3.63) is 46.2 Å². The lowest BCUT2D eigenvalue weighted by Crippen LogP contribution is -2.00. The Hall–Kier alpha value is -1.62.